The molecule has 3 heterocycles. The summed E-state index contributed by atoms with van der Waals surface area (Å²) in [4.78, 5) is 13.1. The second-order valence-corrected chi connectivity index (χ2v) is 8.95. The number of fused-ring (bicyclic) bond motifs is 4. The van der Waals surface area contributed by atoms with E-state index in [0.717, 1.165) is 0 Å². The minimum Gasteiger partial charge on any atom is -0.486 e. The van der Waals surface area contributed by atoms with E-state index in [4.69, 9.17) is 19.3 Å². The number of sulfonamides is 1. The highest BCUT2D eigenvalue weighted by Crippen LogP contribution is 2.34. The van der Waals surface area contributed by atoms with Gasteiger partial charge in [-0.1, -0.05) is 0 Å². The Morgan fingerprint density at radius 3 is 2.67 bits per heavy atom. The van der Waals surface area contributed by atoms with Crippen LogP contribution >= 0.6 is 0 Å². The Kier molecular flexibility index (Phi) is 4.97. The summed E-state index contributed by atoms with van der Waals surface area (Å²) in [5.74, 6) is -0.0465. The lowest BCUT2D eigenvalue weighted by molar-refractivity contribution is -0.139. The van der Waals surface area contributed by atoms with Gasteiger partial charge in [-0.2, -0.15) is 4.31 Å². The van der Waals surface area contributed by atoms with Crippen LogP contribution in [0.1, 0.15) is 0 Å². The fraction of sp³-hybridized carbons (Fsp3) is 0.588. The van der Waals surface area contributed by atoms with E-state index in [2.05, 4.69) is 0 Å². The van der Waals surface area contributed by atoms with Crippen molar-refractivity contribution in [3.05, 3.63) is 18.2 Å². The van der Waals surface area contributed by atoms with Crippen LogP contribution in [0.15, 0.2) is 23.1 Å². The second-order valence-electron chi connectivity index (χ2n) is 7.01. The number of carboxylic acids is 1. The van der Waals surface area contributed by atoms with Crippen molar-refractivity contribution in [1.29, 1.82) is 0 Å². The van der Waals surface area contributed by atoms with Gasteiger partial charge in [0.15, 0.2) is 11.5 Å². The molecule has 2 atom stereocenters. The van der Waals surface area contributed by atoms with Crippen LogP contribution in [0.2, 0.25) is 0 Å². The van der Waals surface area contributed by atoms with Crippen LogP contribution in [0.4, 0.5) is 0 Å². The lowest BCUT2D eigenvalue weighted by Gasteiger charge is -2.30. The lowest BCUT2D eigenvalue weighted by atomic mass is 10.1. The zero-order valence-corrected chi connectivity index (χ0v) is 15.6. The Balaban J connectivity index is 1.61. The second kappa shape index (κ2) is 7.27. The molecule has 0 saturated carbocycles. The molecule has 1 N–H and O–H groups in total. The van der Waals surface area contributed by atoms with E-state index in [-0.39, 0.29) is 29.9 Å². The molecule has 2 bridgehead atoms. The van der Waals surface area contributed by atoms with Gasteiger partial charge in [0.05, 0.1) is 24.7 Å². The summed E-state index contributed by atoms with van der Waals surface area (Å²) in [6, 6.07) is 4.34. The van der Waals surface area contributed by atoms with Crippen molar-refractivity contribution in [2.45, 2.75) is 10.9 Å². The van der Waals surface area contributed by atoms with Crippen molar-refractivity contribution < 1.29 is 32.5 Å². The molecule has 0 unspecified atom stereocenters. The SMILES string of the molecule is O=C(O)CN1C[C@H]2COC[C@@H]1CN(S(=O)(=O)c1ccc3c(c1)OCCO3)C2. The van der Waals surface area contributed by atoms with Crippen molar-refractivity contribution in [1.82, 2.24) is 9.21 Å². The highest BCUT2D eigenvalue weighted by molar-refractivity contribution is 7.89. The molecule has 0 aliphatic carbocycles. The number of benzene rings is 1. The van der Waals surface area contributed by atoms with Gasteiger partial charge < -0.3 is 19.3 Å². The Morgan fingerprint density at radius 1 is 1.11 bits per heavy atom. The van der Waals surface area contributed by atoms with Gasteiger partial charge in [-0.3, -0.25) is 9.69 Å². The summed E-state index contributed by atoms with van der Waals surface area (Å²) in [5.41, 5.74) is 0. The number of carboxylic acid groups (broad SMARTS) is 1. The van der Waals surface area contributed by atoms with Gasteiger partial charge in [-0.25, -0.2) is 8.42 Å². The maximum absolute atomic E-state index is 13.2. The monoisotopic (exact) mass is 398 g/mol. The highest BCUT2D eigenvalue weighted by atomic mass is 32.2. The van der Waals surface area contributed by atoms with Crippen molar-refractivity contribution in [2.75, 3.05) is 52.6 Å². The van der Waals surface area contributed by atoms with E-state index >= 15 is 0 Å². The first-order valence-electron chi connectivity index (χ1n) is 8.87. The van der Waals surface area contributed by atoms with Crippen LogP contribution in [-0.2, 0) is 19.6 Å². The zero-order chi connectivity index (χ0) is 19.0. The van der Waals surface area contributed by atoms with E-state index in [1.807, 2.05) is 0 Å². The van der Waals surface area contributed by atoms with Crippen LogP contribution in [0, 0.1) is 5.92 Å². The van der Waals surface area contributed by atoms with Gasteiger partial charge in [-0.15, -0.1) is 0 Å². The highest BCUT2D eigenvalue weighted by Gasteiger charge is 2.39. The summed E-state index contributed by atoms with van der Waals surface area (Å²) in [5, 5.41) is 9.15. The molecule has 148 valence electrons. The Bertz CT molecular complexity index is 829. The Morgan fingerprint density at radius 2 is 1.89 bits per heavy atom. The molecule has 4 rings (SSSR count). The topological polar surface area (TPSA) is 106 Å². The quantitative estimate of drug-likeness (QED) is 0.747. The molecule has 1 aromatic rings. The molecular weight excluding hydrogens is 376 g/mol. The third-order valence-electron chi connectivity index (χ3n) is 5.04. The smallest absolute Gasteiger partial charge is 0.317 e. The predicted molar refractivity (Wildman–Crippen MR) is 93.5 cm³/mol. The average molecular weight is 398 g/mol. The number of rotatable bonds is 4. The van der Waals surface area contributed by atoms with Crippen molar-refractivity contribution in [3.8, 4) is 11.5 Å². The Labute approximate surface area is 157 Å². The Hall–Kier alpha value is -1.88. The molecule has 1 aromatic carbocycles. The molecule has 0 spiro atoms. The fourth-order valence-electron chi connectivity index (χ4n) is 3.78. The third kappa shape index (κ3) is 3.75. The van der Waals surface area contributed by atoms with Gasteiger partial charge in [0.25, 0.3) is 0 Å². The minimum atomic E-state index is -3.74. The van der Waals surface area contributed by atoms with E-state index < -0.39 is 16.0 Å². The maximum Gasteiger partial charge on any atom is 0.317 e. The molecule has 2 saturated heterocycles. The summed E-state index contributed by atoms with van der Waals surface area (Å²) < 4.78 is 44.5. The number of carbonyl (C=O) groups is 1. The van der Waals surface area contributed by atoms with Gasteiger partial charge in [0.2, 0.25) is 10.0 Å². The maximum atomic E-state index is 13.2. The van der Waals surface area contributed by atoms with Crippen LogP contribution in [0.5, 0.6) is 11.5 Å². The molecule has 0 radical (unpaired) electrons. The van der Waals surface area contributed by atoms with Crippen LogP contribution in [-0.4, -0.2) is 87.3 Å². The number of ether oxygens (including phenoxy) is 3. The van der Waals surface area contributed by atoms with Gasteiger partial charge in [0, 0.05) is 37.7 Å². The number of hydrogen-bond acceptors (Lipinski definition) is 7. The molecule has 3 aliphatic heterocycles. The first kappa shape index (κ1) is 18.5. The molecule has 2 fully saturated rings. The first-order chi connectivity index (χ1) is 12.9. The third-order valence-corrected chi connectivity index (χ3v) is 6.87. The number of hydrogen-bond donors (Lipinski definition) is 1. The summed E-state index contributed by atoms with van der Waals surface area (Å²) in [7, 11) is -3.74. The fourth-order valence-corrected chi connectivity index (χ4v) is 5.35. The van der Waals surface area contributed by atoms with Crippen molar-refractivity contribution >= 4 is 16.0 Å². The summed E-state index contributed by atoms with van der Waals surface area (Å²) in [6.45, 7) is 2.42. The first-order valence-corrected chi connectivity index (χ1v) is 10.3. The van der Waals surface area contributed by atoms with Crippen LogP contribution in [0.25, 0.3) is 0 Å². The lowest BCUT2D eigenvalue weighted by Crippen LogP contribution is -2.47. The van der Waals surface area contributed by atoms with Crippen LogP contribution < -0.4 is 9.47 Å². The number of nitrogens with zero attached hydrogens (tertiary/aromatic N) is 2. The van der Waals surface area contributed by atoms with Crippen molar-refractivity contribution in [3.63, 3.8) is 0 Å². The molecule has 27 heavy (non-hydrogen) atoms. The van der Waals surface area contributed by atoms with Crippen LogP contribution in [0.3, 0.4) is 0 Å². The summed E-state index contributed by atoms with van der Waals surface area (Å²) >= 11 is 0. The standard InChI is InChI=1S/C17H22N2O7S/c20-17(21)9-18-6-12-7-19(8-13(18)11-24-10-12)27(22,23)14-1-2-15-16(5-14)26-4-3-25-15/h1-2,5,12-13H,3-4,6-11H2,(H,20,21)/t12-,13+/m1/s1. The predicted octanol–water partition coefficient (Wildman–Crippen LogP) is -0.136. The van der Waals surface area contributed by atoms with E-state index in [0.29, 0.717) is 51.0 Å². The largest absolute Gasteiger partial charge is 0.486 e. The zero-order valence-electron chi connectivity index (χ0n) is 14.7. The molecule has 3 aliphatic rings. The van der Waals surface area contributed by atoms with Gasteiger partial charge in [0.1, 0.15) is 13.2 Å². The summed E-state index contributed by atoms with van der Waals surface area (Å²) in [6.07, 6.45) is 0. The average Bonchev–Trinajstić information content (AvgIpc) is 2.90. The molecule has 0 aromatic heterocycles. The van der Waals surface area contributed by atoms with Gasteiger partial charge in [-0.05, 0) is 12.1 Å². The van der Waals surface area contributed by atoms with E-state index in [9.17, 15) is 13.2 Å². The molecular formula is C17H22N2O7S. The van der Waals surface area contributed by atoms with E-state index in [1.165, 1.54) is 16.4 Å². The molecule has 10 heteroatoms. The minimum absolute atomic E-state index is 0.0798. The van der Waals surface area contributed by atoms with Gasteiger partial charge >= 0.3 is 5.97 Å². The number of aliphatic carboxylic acids is 1. The van der Waals surface area contributed by atoms with Crippen molar-refractivity contribution in [2.24, 2.45) is 5.92 Å². The van der Waals surface area contributed by atoms with E-state index in [1.54, 1.807) is 11.0 Å². The molecule has 9 nitrogen and oxygen atoms in total. The molecule has 0 amide bonds. The normalized spacial score (nSPS) is 26.4.